The maximum Gasteiger partial charge on any atom is 0.0713 e. The Morgan fingerprint density at radius 2 is 1.23 bits per heavy atom. The molecule has 5 aliphatic rings. The highest BCUT2D eigenvalue weighted by atomic mass is 15.2. The molecule has 60 heavy (non-hydrogen) atoms. The number of fused-ring (bicyclic) bond motifs is 4. The normalized spacial score (nSPS) is 20.7. The molecule has 300 valence electrons. The van der Waals surface area contributed by atoms with Crippen LogP contribution in [0, 0.1) is 28.6 Å². The molecule has 1 unspecified atom stereocenters. The maximum atomic E-state index is 5.17. The molecule has 0 fully saturated rings. The third kappa shape index (κ3) is 7.01. The van der Waals surface area contributed by atoms with Crippen molar-refractivity contribution in [1.29, 1.82) is 0 Å². The van der Waals surface area contributed by atoms with Crippen LogP contribution in [0.5, 0.6) is 0 Å². The zero-order chi connectivity index (χ0) is 41.4. The van der Waals surface area contributed by atoms with Crippen molar-refractivity contribution in [3.05, 3.63) is 200 Å². The highest BCUT2D eigenvalue weighted by Gasteiger charge is 2.40. The van der Waals surface area contributed by atoms with Crippen molar-refractivity contribution >= 4 is 22.5 Å². The fourth-order valence-electron chi connectivity index (χ4n) is 10.3. The molecule has 3 heteroatoms. The summed E-state index contributed by atoms with van der Waals surface area (Å²) >= 11 is 0. The van der Waals surface area contributed by atoms with Gasteiger partial charge in [0.2, 0.25) is 0 Å². The van der Waals surface area contributed by atoms with E-state index in [0.29, 0.717) is 5.92 Å². The average Bonchev–Trinajstić information content (AvgIpc) is 3.96. The third-order valence-corrected chi connectivity index (χ3v) is 13.3. The minimum atomic E-state index is -0.285. The van der Waals surface area contributed by atoms with Gasteiger partial charge in [-0.15, -0.1) is 0 Å². The summed E-state index contributed by atoms with van der Waals surface area (Å²) in [6.07, 6.45) is 18.3. The first-order valence-corrected chi connectivity index (χ1v) is 22.3. The number of rotatable bonds is 10. The van der Waals surface area contributed by atoms with Gasteiger partial charge in [0, 0.05) is 49.7 Å². The van der Waals surface area contributed by atoms with E-state index in [1.54, 1.807) is 0 Å². The lowest BCUT2D eigenvalue weighted by molar-refractivity contribution is 0.478. The van der Waals surface area contributed by atoms with E-state index in [9.17, 15) is 0 Å². The van der Waals surface area contributed by atoms with Gasteiger partial charge in [0.05, 0.1) is 27.8 Å². The highest BCUT2D eigenvalue weighted by Crippen LogP contribution is 2.51. The number of para-hydroxylation sites is 4. The minimum absolute atomic E-state index is 0.178. The summed E-state index contributed by atoms with van der Waals surface area (Å²) in [4.78, 5) is 12.8. The Labute approximate surface area is 357 Å². The van der Waals surface area contributed by atoms with Crippen LogP contribution in [0.1, 0.15) is 92.9 Å². The SMILES string of the molecule is CCCCC1=C(C#CC2=C(N(c3ccccc3)c3ccccc3)C(=CC=C3C(CCCC)C=C4N=c5ccccc5=C4C3(C)C)CC2)C(C)(C)C2=c3ccccc3=NC2=C1. The molecular weight excluding hydrogens is 727 g/mol. The van der Waals surface area contributed by atoms with Crippen molar-refractivity contribution in [3.63, 3.8) is 0 Å². The summed E-state index contributed by atoms with van der Waals surface area (Å²) in [5.41, 5.74) is 14.5. The van der Waals surface area contributed by atoms with Gasteiger partial charge in [0.25, 0.3) is 0 Å². The summed E-state index contributed by atoms with van der Waals surface area (Å²) in [6.45, 7) is 14.1. The van der Waals surface area contributed by atoms with Gasteiger partial charge in [-0.1, -0.05) is 169 Å². The van der Waals surface area contributed by atoms with Gasteiger partial charge in [0.1, 0.15) is 0 Å². The van der Waals surface area contributed by atoms with Crippen LogP contribution in [0.15, 0.2) is 188 Å². The minimum Gasteiger partial charge on any atom is -0.309 e. The first kappa shape index (κ1) is 39.5. The molecule has 4 aromatic carbocycles. The van der Waals surface area contributed by atoms with Crippen LogP contribution in [-0.2, 0) is 0 Å². The molecular formula is C57H57N3. The molecule has 3 aliphatic carbocycles. The van der Waals surface area contributed by atoms with E-state index >= 15 is 0 Å². The largest absolute Gasteiger partial charge is 0.309 e. The smallest absolute Gasteiger partial charge is 0.0713 e. The Balaban J connectivity index is 1.24. The molecule has 0 N–H and O–H groups in total. The number of unbranched alkanes of at least 4 members (excludes halogenated alkanes) is 2. The Morgan fingerprint density at radius 3 is 1.87 bits per heavy atom. The molecule has 1 atom stereocenters. The van der Waals surface area contributed by atoms with E-state index in [-0.39, 0.29) is 10.8 Å². The number of nitrogens with zero attached hydrogens (tertiary/aromatic N) is 3. The highest BCUT2D eigenvalue weighted by molar-refractivity contribution is 5.81. The molecule has 0 radical (unpaired) electrons. The van der Waals surface area contributed by atoms with Crippen molar-refractivity contribution in [1.82, 2.24) is 0 Å². The molecule has 3 nitrogen and oxygen atoms in total. The van der Waals surface area contributed by atoms with Crippen molar-refractivity contribution in [3.8, 4) is 11.8 Å². The topological polar surface area (TPSA) is 28.0 Å². The van der Waals surface area contributed by atoms with Gasteiger partial charge in [-0.3, -0.25) is 0 Å². The van der Waals surface area contributed by atoms with Gasteiger partial charge < -0.3 is 4.90 Å². The summed E-state index contributed by atoms with van der Waals surface area (Å²) < 4.78 is 0. The van der Waals surface area contributed by atoms with Crippen molar-refractivity contribution in [2.75, 3.05) is 4.90 Å². The molecule has 0 bridgehead atoms. The van der Waals surface area contributed by atoms with E-state index in [1.807, 2.05) is 0 Å². The fraction of sp³-hybridized carbons (Fsp3) is 0.298. The summed E-state index contributed by atoms with van der Waals surface area (Å²) in [5, 5.41) is 4.67. The van der Waals surface area contributed by atoms with E-state index in [2.05, 4.69) is 192 Å². The molecule has 0 spiro atoms. The van der Waals surface area contributed by atoms with Crippen LogP contribution in [-0.4, -0.2) is 0 Å². The van der Waals surface area contributed by atoms with Crippen molar-refractivity contribution in [2.45, 2.75) is 92.9 Å². The lowest BCUT2D eigenvalue weighted by Crippen LogP contribution is -2.32. The van der Waals surface area contributed by atoms with Crippen LogP contribution in [0.25, 0.3) is 11.1 Å². The summed E-state index contributed by atoms with van der Waals surface area (Å²) in [7, 11) is 0. The fourth-order valence-corrected chi connectivity index (χ4v) is 10.3. The van der Waals surface area contributed by atoms with E-state index in [0.717, 1.165) is 66.3 Å². The number of hydrogen-bond donors (Lipinski definition) is 0. The van der Waals surface area contributed by atoms with Gasteiger partial charge in [-0.25, -0.2) is 9.98 Å². The number of benzene rings is 4. The molecule has 2 heterocycles. The summed E-state index contributed by atoms with van der Waals surface area (Å²) in [5.74, 6) is 8.17. The maximum absolute atomic E-state index is 5.17. The van der Waals surface area contributed by atoms with Crippen LogP contribution in [0.3, 0.4) is 0 Å². The number of allylic oxidation sites excluding steroid dienone is 11. The second-order valence-corrected chi connectivity index (χ2v) is 18.0. The molecule has 0 saturated heterocycles. The third-order valence-electron chi connectivity index (χ3n) is 13.3. The molecule has 2 aliphatic heterocycles. The Bertz CT molecular complexity index is 2840. The molecule has 4 aromatic rings. The van der Waals surface area contributed by atoms with Gasteiger partial charge in [-0.2, -0.15) is 0 Å². The van der Waals surface area contributed by atoms with Gasteiger partial charge >= 0.3 is 0 Å². The average molecular weight is 784 g/mol. The van der Waals surface area contributed by atoms with Crippen LogP contribution >= 0.6 is 0 Å². The molecule has 0 amide bonds. The zero-order valence-electron chi connectivity index (χ0n) is 36.3. The summed E-state index contributed by atoms with van der Waals surface area (Å²) in [6, 6.07) is 39.0. The standard InChI is InChI=1S/C57H57N3/c1-7-9-21-41-37-51-53(45-27-17-19-29-49(45)58-51)56(3,4)47(41)35-33-39-31-32-40(55(39)60(43-23-13-11-14-24-43)44-25-15-12-16-26-44)34-36-48-42(22-10-8-2)38-52-54(57(48,5)6)46-28-18-20-30-50(46)59-52/h11-20,23-30,33,35,37-38,41H,7-10,21-22,31-32H2,1-6H3. The lowest BCUT2D eigenvalue weighted by Gasteiger charge is -2.38. The van der Waals surface area contributed by atoms with Crippen molar-refractivity contribution in [2.24, 2.45) is 26.7 Å². The second-order valence-electron chi connectivity index (χ2n) is 18.0. The lowest BCUT2D eigenvalue weighted by atomic mass is 9.65. The van der Waals surface area contributed by atoms with Crippen LogP contribution in [0.4, 0.5) is 11.4 Å². The quantitative estimate of drug-likeness (QED) is 0.147. The Morgan fingerprint density at radius 1 is 0.650 bits per heavy atom. The number of hydrogen-bond acceptors (Lipinski definition) is 3. The van der Waals surface area contributed by atoms with E-state index in [4.69, 9.17) is 9.98 Å². The van der Waals surface area contributed by atoms with E-state index in [1.165, 1.54) is 73.7 Å². The monoisotopic (exact) mass is 783 g/mol. The first-order chi connectivity index (χ1) is 29.2. The predicted octanol–water partition coefficient (Wildman–Crippen LogP) is 11.8. The van der Waals surface area contributed by atoms with Crippen LogP contribution in [0.2, 0.25) is 0 Å². The zero-order valence-corrected chi connectivity index (χ0v) is 36.3. The van der Waals surface area contributed by atoms with Gasteiger partial charge in [0.15, 0.2) is 0 Å². The molecule has 0 aromatic heterocycles. The molecule has 9 rings (SSSR count). The Hall–Kier alpha value is -5.98. The Kier molecular flexibility index (Phi) is 10.7. The predicted molar refractivity (Wildman–Crippen MR) is 250 cm³/mol. The van der Waals surface area contributed by atoms with E-state index < -0.39 is 0 Å². The van der Waals surface area contributed by atoms with Crippen molar-refractivity contribution < 1.29 is 0 Å². The number of anilines is 2. The first-order valence-electron chi connectivity index (χ1n) is 22.3. The van der Waals surface area contributed by atoms with Gasteiger partial charge in [-0.05, 0) is 96.9 Å². The van der Waals surface area contributed by atoms with Crippen LogP contribution < -0.4 is 26.1 Å². The molecule has 0 saturated carbocycles. The second kappa shape index (κ2) is 16.2.